The largest absolute Gasteiger partial charge is 0.454 e. The molecule has 2 N–H and O–H groups in total. The van der Waals surface area contributed by atoms with Crippen molar-refractivity contribution >= 4 is 23.2 Å². The van der Waals surface area contributed by atoms with Gasteiger partial charge in [0.05, 0.1) is 4.92 Å². The summed E-state index contributed by atoms with van der Waals surface area (Å²) < 4.78 is 5.85. The molecule has 1 aliphatic carbocycles. The van der Waals surface area contributed by atoms with Crippen molar-refractivity contribution in [1.29, 1.82) is 0 Å². The maximum absolute atomic E-state index is 13.7. The molecule has 9 heteroatoms. The highest BCUT2D eigenvalue weighted by molar-refractivity contribution is 6.37. The molecule has 2 aliphatic rings. The predicted molar refractivity (Wildman–Crippen MR) is 112 cm³/mol. The average molecular weight is 438 g/mol. The van der Waals surface area contributed by atoms with Gasteiger partial charge in [0.2, 0.25) is 17.1 Å². The number of rotatable bonds is 6. The number of Topliss-reactive ketones (excluding diaryl/α,β-unsaturated/α-hetero) is 2. The van der Waals surface area contributed by atoms with Gasteiger partial charge in [-0.25, -0.2) is 0 Å². The zero-order chi connectivity index (χ0) is 23.4. The molecule has 0 bridgehead atoms. The van der Waals surface area contributed by atoms with Crippen LogP contribution in [0.4, 0.5) is 5.69 Å². The van der Waals surface area contributed by atoms with Gasteiger partial charge in [-0.2, -0.15) is 0 Å². The minimum atomic E-state index is -2.59. The van der Waals surface area contributed by atoms with Crippen molar-refractivity contribution in [1.82, 2.24) is 5.32 Å². The Hall–Kier alpha value is -3.59. The van der Waals surface area contributed by atoms with Gasteiger partial charge >= 0.3 is 0 Å². The van der Waals surface area contributed by atoms with Gasteiger partial charge in [0.15, 0.2) is 0 Å². The average Bonchev–Trinajstić information content (AvgIpc) is 3.10. The third-order valence-electron chi connectivity index (χ3n) is 6.04. The van der Waals surface area contributed by atoms with Crippen molar-refractivity contribution in [2.75, 3.05) is 0 Å². The summed E-state index contributed by atoms with van der Waals surface area (Å²) in [5.74, 6) is -5.02. The van der Waals surface area contributed by atoms with E-state index in [2.05, 4.69) is 5.32 Å². The topological polar surface area (TPSA) is 136 Å². The van der Waals surface area contributed by atoms with E-state index in [4.69, 9.17) is 4.74 Å². The van der Waals surface area contributed by atoms with E-state index in [1.807, 2.05) is 13.8 Å². The first-order valence-electron chi connectivity index (χ1n) is 10.3. The number of hydrogen-bond acceptors (Lipinski definition) is 7. The van der Waals surface area contributed by atoms with E-state index < -0.39 is 39.4 Å². The maximum atomic E-state index is 13.7. The third kappa shape index (κ3) is 2.70. The smallest absolute Gasteiger partial charge is 0.288 e. The number of hydrogen-bond donors (Lipinski definition) is 2. The van der Waals surface area contributed by atoms with Gasteiger partial charge in [0, 0.05) is 23.6 Å². The second kappa shape index (κ2) is 7.23. The van der Waals surface area contributed by atoms with Crippen LogP contribution in [-0.4, -0.2) is 27.5 Å². The van der Waals surface area contributed by atoms with E-state index in [0.29, 0.717) is 6.42 Å². The Bertz CT molecular complexity index is 1190. The minimum absolute atomic E-state index is 0.0539. The molecular weight excluding hydrogens is 416 g/mol. The van der Waals surface area contributed by atoms with Crippen molar-refractivity contribution in [2.45, 2.75) is 50.9 Å². The molecule has 0 aromatic heterocycles. The Morgan fingerprint density at radius 1 is 1.25 bits per heavy atom. The highest BCUT2D eigenvalue weighted by Gasteiger charge is 2.73. The van der Waals surface area contributed by atoms with Gasteiger partial charge in [0.25, 0.3) is 17.4 Å². The summed E-state index contributed by atoms with van der Waals surface area (Å²) in [5, 5.41) is 25.9. The number of benzene rings is 2. The number of carbonyl (C=O) groups is 3. The van der Waals surface area contributed by atoms with Crippen LogP contribution in [0.3, 0.4) is 0 Å². The van der Waals surface area contributed by atoms with Gasteiger partial charge in [0.1, 0.15) is 11.3 Å². The first kappa shape index (κ1) is 21.6. The molecule has 0 fully saturated rings. The molecule has 9 nitrogen and oxygen atoms in total. The number of nitrogens with one attached hydrogen (secondary N) is 1. The number of fused-ring (bicyclic) bond motifs is 5. The molecule has 0 saturated heterocycles. The molecule has 1 aliphatic heterocycles. The molecule has 1 amide bonds. The van der Waals surface area contributed by atoms with E-state index in [1.54, 1.807) is 25.1 Å². The summed E-state index contributed by atoms with van der Waals surface area (Å²) in [6.45, 7) is 5.61. The molecule has 166 valence electrons. The van der Waals surface area contributed by atoms with Gasteiger partial charge in [-0.15, -0.1) is 0 Å². The summed E-state index contributed by atoms with van der Waals surface area (Å²) in [4.78, 5) is 49.7. The fraction of sp³-hybridized carbons (Fsp3) is 0.348. The number of nitro benzene ring substituents is 1. The molecule has 1 heterocycles. The summed E-state index contributed by atoms with van der Waals surface area (Å²) in [7, 11) is 0. The number of nitrogens with zero attached hydrogens (tertiary/aromatic N) is 1. The number of ether oxygens (including phenoxy) is 1. The quantitative estimate of drug-likeness (QED) is 0.402. The van der Waals surface area contributed by atoms with Crippen LogP contribution in [0.25, 0.3) is 0 Å². The van der Waals surface area contributed by atoms with Gasteiger partial charge < -0.3 is 15.2 Å². The minimum Gasteiger partial charge on any atom is -0.454 e. The zero-order valence-electron chi connectivity index (χ0n) is 17.8. The first-order valence-corrected chi connectivity index (χ1v) is 10.3. The lowest BCUT2D eigenvalue weighted by atomic mass is 9.82. The van der Waals surface area contributed by atoms with Crippen molar-refractivity contribution < 1.29 is 29.2 Å². The van der Waals surface area contributed by atoms with E-state index >= 15 is 0 Å². The Morgan fingerprint density at radius 2 is 1.97 bits per heavy atom. The Morgan fingerprint density at radius 3 is 2.59 bits per heavy atom. The summed E-state index contributed by atoms with van der Waals surface area (Å²) in [6, 6.07) is 8.69. The lowest BCUT2D eigenvalue weighted by Crippen LogP contribution is -2.61. The molecule has 2 unspecified atom stereocenters. The molecule has 0 spiro atoms. The highest BCUT2D eigenvalue weighted by Crippen LogP contribution is 2.60. The van der Waals surface area contributed by atoms with Gasteiger partial charge in [-0.3, -0.25) is 24.5 Å². The molecular formula is C23H22N2O7. The van der Waals surface area contributed by atoms with Crippen LogP contribution in [0.2, 0.25) is 0 Å². The number of aliphatic hydroxyl groups is 1. The van der Waals surface area contributed by atoms with Gasteiger partial charge in [-0.1, -0.05) is 45.0 Å². The molecule has 0 radical (unpaired) electrons. The molecule has 2 aromatic rings. The van der Waals surface area contributed by atoms with Crippen LogP contribution < -0.4 is 10.1 Å². The summed E-state index contributed by atoms with van der Waals surface area (Å²) >= 11 is 0. The van der Waals surface area contributed by atoms with Crippen LogP contribution in [0, 0.1) is 10.1 Å². The lowest BCUT2D eigenvalue weighted by Gasteiger charge is -2.33. The van der Waals surface area contributed by atoms with Crippen molar-refractivity contribution in [3.63, 3.8) is 0 Å². The SMILES string of the molecule is CCCC(=O)C(=O)NC12C(=O)c3cccc([N+](=O)[O-])c3C1(O)Oc1cc(C(C)C)ccc12. The first-order chi connectivity index (χ1) is 15.1. The monoisotopic (exact) mass is 438 g/mol. The Balaban J connectivity index is 1.99. The number of nitro groups is 1. The highest BCUT2D eigenvalue weighted by atomic mass is 16.6. The third-order valence-corrected chi connectivity index (χ3v) is 6.04. The van der Waals surface area contributed by atoms with E-state index in [1.165, 1.54) is 12.1 Å². The van der Waals surface area contributed by atoms with Crippen LogP contribution in [0.15, 0.2) is 36.4 Å². The lowest BCUT2D eigenvalue weighted by molar-refractivity contribution is -0.388. The van der Waals surface area contributed by atoms with Crippen molar-refractivity contribution in [3.8, 4) is 5.75 Å². The summed E-state index contributed by atoms with van der Waals surface area (Å²) in [6.07, 6.45) is 0.357. The predicted octanol–water partition coefficient (Wildman–Crippen LogP) is 2.83. The van der Waals surface area contributed by atoms with Gasteiger partial charge in [-0.05, 0) is 24.0 Å². The van der Waals surface area contributed by atoms with E-state index in [0.717, 1.165) is 11.6 Å². The Labute approximate surface area is 183 Å². The molecule has 32 heavy (non-hydrogen) atoms. The normalized spacial score (nSPS) is 22.7. The molecule has 0 saturated carbocycles. The molecule has 2 atom stereocenters. The zero-order valence-corrected chi connectivity index (χ0v) is 17.8. The fourth-order valence-electron chi connectivity index (χ4n) is 4.45. The van der Waals surface area contributed by atoms with E-state index in [9.17, 15) is 29.6 Å². The van der Waals surface area contributed by atoms with E-state index in [-0.39, 0.29) is 34.8 Å². The standard InChI is InChI=1S/C23H22N2O7/c1-4-6-17(26)21(28)24-22-15-10-9-13(12(2)3)11-18(15)32-23(22,29)19-14(20(22)27)7-5-8-16(19)25(30)31/h5,7-12,29H,4,6H2,1-3H3,(H,24,28). The fourth-order valence-corrected chi connectivity index (χ4v) is 4.45. The van der Waals surface area contributed by atoms with Crippen molar-refractivity contribution in [3.05, 3.63) is 68.8 Å². The summed E-state index contributed by atoms with van der Waals surface area (Å²) in [5.41, 5.74) is -2.27. The number of carbonyl (C=O) groups excluding carboxylic acids is 3. The van der Waals surface area contributed by atoms with Crippen LogP contribution in [0.1, 0.15) is 66.6 Å². The second-order valence-electron chi connectivity index (χ2n) is 8.32. The molecule has 2 aromatic carbocycles. The molecule has 4 rings (SSSR count). The number of amides is 1. The van der Waals surface area contributed by atoms with Crippen LogP contribution >= 0.6 is 0 Å². The number of ketones is 2. The van der Waals surface area contributed by atoms with Crippen molar-refractivity contribution in [2.24, 2.45) is 0 Å². The second-order valence-corrected chi connectivity index (χ2v) is 8.32. The van der Waals surface area contributed by atoms with Crippen LogP contribution in [0.5, 0.6) is 5.75 Å². The maximum Gasteiger partial charge on any atom is 0.288 e. The van der Waals surface area contributed by atoms with Crippen LogP contribution in [-0.2, 0) is 20.9 Å². The Kier molecular flexibility index (Phi) is 4.89.